The van der Waals surface area contributed by atoms with Crippen LogP contribution < -0.4 is 10.6 Å². The molecule has 2 aromatic rings. The van der Waals surface area contributed by atoms with E-state index in [-0.39, 0.29) is 6.03 Å². The number of aromatic nitrogens is 2. The number of nitrogens with one attached hydrogen (secondary N) is 2. The lowest BCUT2D eigenvalue weighted by molar-refractivity contribution is 0.189. The van der Waals surface area contributed by atoms with Crippen molar-refractivity contribution in [1.29, 1.82) is 0 Å². The van der Waals surface area contributed by atoms with Gasteiger partial charge in [-0.2, -0.15) is 5.10 Å². The number of carbonyl (C=O) groups is 1. The van der Waals surface area contributed by atoms with Gasteiger partial charge in [0.15, 0.2) is 0 Å². The van der Waals surface area contributed by atoms with E-state index in [4.69, 9.17) is 0 Å². The van der Waals surface area contributed by atoms with Crippen LogP contribution in [-0.4, -0.2) is 53.4 Å². The average Bonchev–Trinajstić information content (AvgIpc) is 3.19. The molecule has 2 N–H and O–H groups in total. The summed E-state index contributed by atoms with van der Waals surface area (Å²) in [5.41, 5.74) is 2.15. The molecule has 1 aromatic carbocycles. The first-order valence-electron chi connectivity index (χ1n) is 10.5. The monoisotopic (exact) mass is 383 g/mol. The van der Waals surface area contributed by atoms with Crippen LogP contribution in [0.3, 0.4) is 0 Å². The Hall–Kier alpha value is -2.34. The lowest BCUT2D eigenvalue weighted by Gasteiger charge is -2.30. The van der Waals surface area contributed by atoms with Gasteiger partial charge in [-0.15, -0.1) is 0 Å². The van der Waals surface area contributed by atoms with Crippen LogP contribution in [-0.2, 0) is 6.42 Å². The fourth-order valence-electron chi connectivity index (χ4n) is 3.54. The molecular formula is C22H33N5O. The lowest BCUT2D eigenvalue weighted by atomic mass is 9.99. The number of para-hydroxylation sites is 1. The van der Waals surface area contributed by atoms with Crippen LogP contribution in [0.5, 0.6) is 0 Å². The molecule has 0 atom stereocenters. The van der Waals surface area contributed by atoms with Crippen LogP contribution in [0.15, 0.2) is 42.7 Å². The molecule has 3 rings (SSSR count). The molecule has 152 valence electrons. The van der Waals surface area contributed by atoms with Gasteiger partial charge in [-0.1, -0.05) is 25.1 Å². The fourth-order valence-corrected chi connectivity index (χ4v) is 3.54. The largest absolute Gasteiger partial charge is 0.338 e. The number of urea groups is 1. The van der Waals surface area contributed by atoms with Crippen molar-refractivity contribution in [2.75, 3.05) is 32.7 Å². The first-order valence-corrected chi connectivity index (χ1v) is 10.5. The number of benzene rings is 1. The summed E-state index contributed by atoms with van der Waals surface area (Å²) in [5.74, 6) is 0.884. The van der Waals surface area contributed by atoms with Gasteiger partial charge in [0.2, 0.25) is 0 Å². The molecule has 0 spiro atoms. The Labute approximate surface area is 168 Å². The second kappa shape index (κ2) is 10.9. The highest BCUT2D eigenvalue weighted by Gasteiger charge is 2.14. The normalized spacial score (nSPS) is 15.5. The number of carbonyl (C=O) groups excluding carboxylic acids is 1. The molecule has 0 saturated carbocycles. The van der Waals surface area contributed by atoms with Gasteiger partial charge in [-0.05, 0) is 75.4 Å². The number of nitrogens with zero attached hydrogens (tertiary/aromatic N) is 3. The van der Waals surface area contributed by atoms with Crippen LogP contribution in [0.25, 0.3) is 5.69 Å². The summed E-state index contributed by atoms with van der Waals surface area (Å²) >= 11 is 0. The molecule has 6 nitrogen and oxygen atoms in total. The van der Waals surface area contributed by atoms with E-state index in [1.54, 1.807) is 0 Å². The molecule has 1 aliphatic rings. The van der Waals surface area contributed by atoms with Crippen molar-refractivity contribution in [2.24, 2.45) is 5.92 Å². The number of amides is 2. The third kappa shape index (κ3) is 6.68. The van der Waals surface area contributed by atoms with Crippen molar-refractivity contribution in [3.63, 3.8) is 0 Å². The first kappa shape index (κ1) is 20.4. The Morgan fingerprint density at radius 3 is 2.64 bits per heavy atom. The molecular weight excluding hydrogens is 350 g/mol. The van der Waals surface area contributed by atoms with E-state index in [9.17, 15) is 4.79 Å². The second-order valence-corrected chi connectivity index (χ2v) is 7.79. The number of piperidine rings is 1. The predicted octanol–water partition coefficient (Wildman–Crippen LogP) is 3.23. The summed E-state index contributed by atoms with van der Waals surface area (Å²) in [6, 6.07) is 9.94. The SMILES string of the molecule is CC1CCN(CCCCNC(=O)NCCc2cnn(-c3ccccc3)c2)CC1. The van der Waals surface area contributed by atoms with E-state index < -0.39 is 0 Å². The summed E-state index contributed by atoms with van der Waals surface area (Å²) in [7, 11) is 0. The molecule has 1 aliphatic heterocycles. The fraction of sp³-hybridized carbons (Fsp3) is 0.545. The Bertz CT molecular complexity index is 707. The molecule has 1 fully saturated rings. The van der Waals surface area contributed by atoms with E-state index >= 15 is 0 Å². The molecule has 1 aromatic heterocycles. The van der Waals surface area contributed by atoms with Crippen LogP contribution in [0.4, 0.5) is 4.79 Å². The van der Waals surface area contributed by atoms with Gasteiger partial charge < -0.3 is 15.5 Å². The Morgan fingerprint density at radius 2 is 1.86 bits per heavy atom. The maximum Gasteiger partial charge on any atom is 0.314 e. The van der Waals surface area contributed by atoms with Gasteiger partial charge in [0, 0.05) is 19.3 Å². The Morgan fingerprint density at radius 1 is 1.11 bits per heavy atom. The highest BCUT2D eigenvalue weighted by Crippen LogP contribution is 2.16. The minimum absolute atomic E-state index is 0.0813. The zero-order chi connectivity index (χ0) is 19.6. The summed E-state index contributed by atoms with van der Waals surface area (Å²) in [6.45, 7) is 7.31. The third-order valence-corrected chi connectivity index (χ3v) is 5.42. The summed E-state index contributed by atoms with van der Waals surface area (Å²) in [4.78, 5) is 14.5. The Balaban J connectivity index is 1.24. The Kier molecular flexibility index (Phi) is 7.91. The number of hydrogen-bond donors (Lipinski definition) is 2. The van der Waals surface area contributed by atoms with Crippen molar-refractivity contribution in [2.45, 2.75) is 39.0 Å². The van der Waals surface area contributed by atoms with E-state index in [1.807, 2.05) is 47.4 Å². The number of unbranched alkanes of at least 4 members (excludes halogenated alkanes) is 1. The second-order valence-electron chi connectivity index (χ2n) is 7.79. The van der Waals surface area contributed by atoms with Gasteiger partial charge in [0.05, 0.1) is 11.9 Å². The maximum atomic E-state index is 11.9. The van der Waals surface area contributed by atoms with Crippen LogP contribution in [0, 0.1) is 5.92 Å². The minimum atomic E-state index is -0.0813. The van der Waals surface area contributed by atoms with Gasteiger partial charge in [0.25, 0.3) is 0 Å². The number of rotatable bonds is 9. The van der Waals surface area contributed by atoms with Crippen molar-refractivity contribution in [3.8, 4) is 5.69 Å². The predicted molar refractivity (Wildman–Crippen MR) is 113 cm³/mol. The molecule has 0 bridgehead atoms. The first-order chi connectivity index (χ1) is 13.7. The number of hydrogen-bond acceptors (Lipinski definition) is 3. The number of likely N-dealkylation sites (tertiary alicyclic amines) is 1. The third-order valence-electron chi connectivity index (χ3n) is 5.42. The van der Waals surface area contributed by atoms with Crippen molar-refractivity contribution >= 4 is 6.03 Å². The van der Waals surface area contributed by atoms with Crippen molar-refractivity contribution < 1.29 is 4.79 Å². The van der Waals surface area contributed by atoms with E-state index in [0.717, 1.165) is 49.5 Å². The van der Waals surface area contributed by atoms with Gasteiger partial charge in [0.1, 0.15) is 0 Å². The summed E-state index contributed by atoms with van der Waals surface area (Å²) in [5, 5.41) is 10.3. The topological polar surface area (TPSA) is 62.2 Å². The lowest BCUT2D eigenvalue weighted by Crippen LogP contribution is -2.37. The molecule has 2 amide bonds. The molecule has 28 heavy (non-hydrogen) atoms. The quantitative estimate of drug-likeness (QED) is 0.654. The minimum Gasteiger partial charge on any atom is -0.338 e. The smallest absolute Gasteiger partial charge is 0.314 e. The van der Waals surface area contributed by atoms with Crippen LogP contribution in [0.1, 0.15) is 38.2 Å². The van der Waals surface area contributed by atoms with E-state index in [0.29, 0.717) is 6.54 Å². The summed E-state index contributed by atoms with van der Waals surface area (Å²) < 4.78 is 1.86. The van der Waals surface area contributed by atoms with E-state index in [1.165, 1.54) is 25.9 Å². The molecule has 0 aliphatic carbocycles. The van der Waals surface area contributed by atoms with Crippen molar-refractivity contribution in [1.82, 2.24) is 25.3 Å². The molecule has 2 heterocycles. The highest BCUT2D eigenvalue weighted by molar-refractivity contribution is 5.73. The summed E-state index contributed by atoms with van der Waals surface area (Å²) in [6.07, 6.45) is 9.46. The van der Waals surface area contributed by atoms with E-state index in [2.05, 4.69) is 27.6 Å². The molecule has 1 saturated heterocycles. The molecule has 0 unspecified atom stereocenters. The van der Waals surface area contributed by atoms with Gasteiger partial charge >= 0.3 is 6.03 Å². The highest BCUT2D eigenvalue weighted by atomic mass is 16.2. The van der Waals surface area contributed by atoms with Crippen molar-refractivity contribution in [3.05, 3.63) is 48.3 Å². The zero-order valence-electron chi connectivity index (χ0n) is 16.9. The standard InChI is InChI=1S/C22H33N5O/c1-19-10-15-26(16-11-19)14-6-5-12-23-22(28)24-13-9-20-17-25-27(18-20)21-7-3-2-4-8-21/h2-4,7-8,17-19H,5-6,9-16H2,1H3,(H2,23,24,28). The van der Waals surface area contributed by atoms with Crippen LogP contribution >= 0.6 is 0 Å². The molecule has 0 radical (unpaired) electrons. The van der Waals surface area contributed by atoms with Gasteiger partial charge in [-0.25, -0.2) is 9.48 Å². The average molecular weight is 384 g/mol. The zero-order valence-corrected chi connectivity index (χ0v) is 16.9. The molecule has 6 heteroatoms. The maximum absolute atomic E-state index is 11.9. The van der Waals surface area contributed by atoms with Crippen LogP contribution in [0.2, 0.25) is 0 Å². The van der Waals surface area contributed by atoms with Gasteiger partial charge in [-0.3, -0.25) is 0 Å².